The molecule has 31 heavy (non-hydrogen) atoms. The number of nitrogens with zero attached hydrogens (tertiary/aromatic N) is 5. The fourth-order valence-corrected chi connectivity index (χ4v) is 4.59. The van der Waals surface area contributed by atoms with E-state index < -0.39 is 0 Å². The zero-order valence-electron chi connectivity index (χ0n) is 17.7. The van der Waals surface area contributed by atoms with Gasteiger partial charge in [0.25, 0.3) is 0 Å². The summed E-state index contributed by atoms with van der Waals surface area (Å²) < 4.78 is 10.3. The van der Waals surface area contributed by atoms with E-state index in [2.05, 4.69) is 57.9 Å². The molecular weight excluding hydrogens is 406 g/mol. The summed E-state index contributed by atoms with van der Waals surface area (Å²) in [6.07, 6.45) is 2.16. The van der Waals surface area contributed by atoms with Crippen molar-refractivity contribution >= 4 is 12.2 Å². The number of hydrogen-bond acceptors (Lipinski definition) is 5. The summed E-state index contributed by atoms with van der Waals surface area (Å²) in [7, 11) is 0. The molecule has 0 amide bonds. The molecule has 7 heteroatoms. The highest BCUT2D eigenvalue weighted by Gasteiger charge is 2.30. The Bertz CT molecular complexity index is 1260. The van der Waals surface area contributed by atoms with Gasteiger partial charge in [0.2, 0.25) is 4.77 Å². The van der Waals surface area contributed by atoms with Gasteiger partial charge in [0.15, 0.2) is 11.6 Å². The van der Waals surface area contributed by atoms with Crippen LogP contribution in [0.3, 0.4) is 0 Å². The van der Waals surface area contributed by atoms with Crippen LogP contribution in [0.25, 0.3) is 17.1 Å². The maximum Gasteiger partial charge on any atom is 0.204 e. The summed E-state index contributed by atoms with van der Waals surface area (Å²) >= 11 is 5.93. The molecule has 0 aliphatic carbocycles. The zero-order chi connectivity index (χ0) is 21.4. The van der Waals surface area contributed by atoms with Crippen LogP contribution in [0, 0.1) is 18.6 Å². The SMILES string of the molecule is Cc1cccc(-n2c(-c3ccccc3)nn(CN3CCCC3c3cc(C)no3)c2=S)c1. The molecule has 158 valence electrons. The minimum atomic E-state index is 0.201. The third-order valence-corrected chi connectivity index (χ3v) is 6.18. The molecule has 1 fully saturated rings. The number of rotatable bonds is 5. The zero-order valence-corrected chi connectivity index (χ0v) is 18.5. The first-order valence-electron chi connectivity index (χ1n) is 10.6. The second-order valence-electron chi connectivity index (χ2n) is 8.13. The van der Waals surface area contributed by atoms with Crippen LogP contribution in [-0.2, 0) is 6.67 Å². The molecule has 3 heterocycles. The van der Waals surface area contributed by atoms with Gasteiger partial charge in [-0.3, -0.25) is 9.47 Å². The summed E-state index contributed by atoms with van der Waals surface area (Å²) in [4.78, 5) is 2.37. The Balaban J connectivity index is 1.56. The first kappa shape index (κ1) is 19.9. The van der Waals surface area contributed by atoms with Crippen molar-refractivity contribution in [1.29, 1.82) is 0 Å². The molecule has 6 nitrogen and oxygen atoms in total. The fourth-order valence-electron chi connectivity index (χ4n) is 4.30. The molecule has 1 unspecified atom stereocenters. The van der Waals surface area contributed by atoms with Crippen molar-refractivity contribution in [1.82, 2.24) is 24.4 Å². The first-order chi connectivity index (χ1) is 15.1. The van der Waals surface area contributed by atoms with Gasteiger partial charge >= 0.3 is 0 Å². The van der Waals surface area contributed by atoms with Crippen LogP contribution < -0.4 is 0 Å². The van der Waals surface area contributed by atoms with E-state index in [4.69, 9.17) is 21.8 Å². The Morgan fingerprint density at radius 3 is 2.65 bits per heavy atom. The molecule has 0 bridgehead atoms. The molecule has 2 aromatic carbocycles. The van der Waals surface area contributed by atoms with E-state index >= 15 is 0 Å². The lowest BCUT2D eigenvalue weighted by Gasteiger charge is -2.21. The lowest BCUT2D eigenvalue weighted by molar-refractivity contribution is 0.163. The van der Waals surface area contributed by atoms with Crippen LogP contribution in [-0.4, -0.2) is 30.9 Å². The second kappa shape index (κ2) is 8.24. The lowest BCUT2D eigenvalue weighted by Crippen LogP contribution is -2.26. The standard InChI is InChI=1S/C24H25N5OS/c1-17-8-6-11-20(14-17)29-23(19-9-4-3-5-10-19)25-28(24(29)31)16-27-13-7-12-21(27)22-15-18(2)26-30-22/h3-6,8-11,14-15,21H,7,12-13,16H2,1-2H3. The number of aryl methyl sites for hydroxylation is 2. The van der Waals surface area contributed by atoms with Crippen molar-refractivity contribution in [2.45, 2.75) is 39.4 Å². The summed E-state index contributed by atoms with van der Waals surface area (Å²) in [6, 6.07) is 20.8. The van der Waals surface area contributed by atoms with E-state index in [-0.39, 0.29) is 6.04 Å². The molecule has 4 aromatic rings. The molecule has 1 aliphatic heterocycles. The third-order valence-electron chi connectivity index (χ3n) is 5.79. The summed E-state index contributed by atoms with van der Waals surface area (Å²) in [5.41, 5.74) is 4.16. The van der Waals surface area contributed by atoms with Crippen molar-refractivity contribution in [3.05, 3.63) is 82.5 Å². The minimum absolute atomic E-state index is 0.201. The highest BCUT2D eigenvalue weighted by molar-refractivity contribution is 7.71. The first-order valence-corrected chi connectivity index (χ1v) is 11.0. The summed E-state index contributed by atoms with van der Waals surface area (Å²) in [6.45, 7) is 5.64. The van der Waals surface area contributed by atoms with Gasteiger partial charge in [-0.25, -0.2) is 4.68 Å². The largest absolute Gasteiger partial charge is 0.359 e. The maximum atomic E-state index is 5.93. The summed E-state index contributed by atoms with van der Waals surface area (Å²) in [5, 5.41) is 9.05. The topological polar surface area (TPSA) is 52.0 Å². The monoisotopic (exact) mass is 431 g/mol. The minimum Gasteiger partial charge on any atom is -0.359 e. The summed E-state index contributed by atoms with van der Waals surface area (Å²) in [5.74, 6) is 1.77. The van der Waals surface area contributed by atoms with E-state index in [1.165, 1.54) is 5.56 Å². The normalized spacial score (nSPS) is 16.8. The predicted molar refractivity (Wildman–Crippen MR) is 122 cm³/mol. The van der Waals surface area contributed by atoms with Crippen molar-refractivity contribution in [2.24, 2.45) is 0 Å². The van der Waals surface area contributed by atoms with Crippen molar-refractivity contribution in [3.63, 3.8) is 0 Å². The van der Waals surface area contributed by atoms with E-state index in [1.54, 1.807) is 0 Å². The van der Waals surface area contributed by atoms with Gasteiger partial charge in [-0.2, -0.15) is 0 Å². The van der Waals surface area contributed by atoms with Gasteiger partial charge in [0.05, 0.1) is 24.1 Å². The van der Waals surface area contributed by atoms with Crippen LogP contribution in [0.15, 0.2) is 65.2 Å². The average molecular weight is 432 g/mol. The van der Waals surface area contributed by atoms with Crippen molar-refractivity contribution in [2.75, 3.05) is 6.54 Å². The Kier molecular flexibility index (Phi) is 5.29. The van der Waals surface area contributed by atoms with Crippen LogP contribution in [0.5, 0.6) is 0 Å². The highest BCUT2D eigenvalue weighted by Crippen LogP contribution is 2.33. The lowest BCUT2D eigenvalue weighted by atomic mass is 10.1. The Labute approximate surface area is 186 Å². The Hall–Kier alpha value is -3.03. The fraction of sp³-hybridized carbons (Fsp3) is 0.292. The van der Waals surface area contributed by atoms with Crippen molar-refractivity contribution in [3.8, 4) is 17.1 Å². The Morgan fingerprint density at radius 2 is 1.90 bits per heavy atom. The molecule has 5 rings (SSSR count). The molecule has 1 saturated heterocycles. The molecule has 0 spiro atoms. The van der Waals surface area contributed by atoms with Crippen LogP contribution in [0.4, 0.5) is 0 Å². The molecule has 1 atom stereocenters. The third kappa shape index (κ3) is 3.86. The molecular formula is C24H25N5OS. The van der Waals surface area contributed by atoms with Gasteiger partial charge in [-0.15, -0.1) is 5.10 Å². The quantitative estimate of drug-likeness (QED) is 0.392. The predicted octanol–water partition coefficient (Wildman–Crippen LogP) is 5.47. The maximum absolute atomic E-state index is 5.93. The number of aromatic nitrogens is 4. The van der Waals surface area contributed by atoms with Crippen molar-refractivity contribution < 1.29 is 4.52 Å². The van der Waals surface area contributed by atoms with Gasteiger partial charge in [0.1, 0.15) is 0 Å². The molecule has 1 aliphatic rings. The van der Waals surface area contributed by atoms with Crippen LogP contribution >= 0.6 is 12.2 Å². The van der Waals surface area contributed by atoms with E-state index in [0.717, 1.165) is 47.9 Å². The number of likely N-dealkylation sites (tertiary alicyclic amines) is 1. The number of benzene rings is 2. The number of hydrogen-bond donors (Lipinski definition) is 0. The second-order valence-corrected chi connectivity index (χ2v) is 8.49. The molecule has 0 N–H and O–H groups in total. The van der Waals surface area contributed by atoms with Gasteiger partial charge in [-0.1, -0.05) is 47.6 Å². The highest BCUT2D eigenvalue weighted by atomic mass is 32.1. The van der Waals surface area contributed by atoms with E-state index in [1.807, 2.05) is 35.9 Å². The average Bonchev–Trinajstić information content (AvgIpc) is 3.48. The van der Waals surface area contributed by atoms with Crippen LogP contribution in [0.1, 0.15) is 35.9 Å². The van der Waals surface area contributed by atoms with Gasteiger partial charge in [0, 0.05) is 18.2 Å². The molecule has 0 radical (unpaired) electrons. The molecule has 2 aromatic heterocycles. The smallest absolute Gasteiger partial charge is 0.204 e. The van der Waals surface area contributed by atoms with E-state index in [0.29, 0.717) is 11.4 Å². The van der Waals surface area contributed by atoms with Gasteiger partial charge in [-0.05, 0) is 56.6 Å². The Morgan fingerprint density at radius 1 is 1.06 bits per heavy atom. The molecule has 0 saturated carbocycles. The van der Waals surface area contributed by atoms with Crippen LogP contribution in [0.2, 0.25) is 0 Å². The van der Waals surface area contributed by atoms with Gasteiger partial charge < -0.3 is 4.52 Å². The van der Waals surface area contributed by atoms with E-state index in [9.17, 15) is 0 Å².